The lowest BCUT2D eigenvalue weighted by Gasteiger charge is -2.21. The average molecular weight is 359 g/mol. The lowest BCUT2D eigenvalue weighted by molar-refractivity contribution is 0.401. The Labute approximate surface area is 132 Å². The Morgan fingerprint density at radius 2 is 2.25 bits per heavy atom. The highest BCUT2D eigenvalue weighted by Crippen LogP contribution is 2.34. The fourth-order valence-corrected chi connectivity index (χ4v) is 2.81. The first-order valence-electron chi connectivity index (χ1n) is 6.32. The van der Waals surface area contributed by atoms with Crippen LogP contribution in [0.5, 0.6) is 5.75 Å². The van der Waals surface area contributed by atoms with E-state index in [-0.39, 0.29) is 6.04 Å². The van der Waals surface area contributed by atoms with E-state index >= 15 is 0 Å². The summed E-state index contributed by atoms with van der Waals surface area (Å²) in [5.41, 5.74) is 1.94. The standard InChI is InChI=1S/C14H17BrClN3O/c1-4-17-13(10-7-9(15)5-6-11(10)16)14-12(20-3)8-18-19(14)2/h5-8,13,17H,4H2,1-3H3. The van der Waals surface area contributed by atoms with Gasteiger partial charge in [0, 0.05) is 16.5 Å². The van der Waals surface area contributed by atoms with Gasteiger partial charge in [-0.25, -0.2) is 0 Å². The van der Waals surface area contributed by atoms with Gasteiger partial charge in [-0.1, -0.05) is 34.5 Å². The van der Waals surface area contributed by atoms with Gasteiger partial charge in [-0.05, 0) is 30.3 Å². The Kier molecular flexibility index (Phi) is 5.07. The number of rotatable bonds is 5. The highest BCUT2D eigenvalue weighted by Gasteiger charge is 2.23. The van der Waals surface area contributed by atoms with E-state index in [0.29, 0.717) is 5.02 Å². The van der Waals surface area contributed by atoms with Crippen LogP contribution in [-0.2, 0) is 7.05 Å². The van der Waals surface area contributed by atoms with E-state index in [1.807, 2.05) is 29.9 Å². The molecule has 0 fully saturated rings. The molecule has 0 spiro atoms. The summed E-state index contributed by atoms with van der Waals surface area (Å²) in [6, 6.07) is 5.75. The molecule has 2 aromatic rings. The van der Waals surface area contributed by atoms with Crippen LogP contribution in [0.4, 0.5) is 0 Å². The fourth-order valence-electron chi connectivity index (χ4n) is 2.21. The maximum absolute atomic E-state index is 6.36. The molecular weight excluding hydrogens is 342 g/mol. The summed E-state index contributed by atoms with van der Waals surface area (Å²) in [6.45, 7) is 2.86. The quantitative estimate of drug-likeness (QED) is 0.888. The van der Waals surface area contributed by atoms with Crippen LogP contribution in [0.1, 0.15) is 24.2 Å². The smallest absolute Gasteiger partial charge is 0.161 e. The number of ether oxygens (including phenoxy) is 1. The summed E-state index contributed by atoms with van der Waals surface area (Å²) in [5, 5.41) is 8.41. The Morgan fingerprint density at radius 3 is 2.90 bits per heavy atom. The molecule has 0 aliphatic heterocycles. The highest BCUT2D eigenvalue weighted by atomic mass is 79.9. The Bertz CT molecular complexity index is 600. The summed E-state index contributed by atoms with van der Waals surface area (Å²) in [7, 11) is 3.54. The molecule has 0 saturated carbocycles. The number of hydrogen-bond acceptors (Lipinski definition) is 3. The van der Waals surface area contributed by atoms with E-state index < -0.39 is 0 Å². The van der Waals surface area contributed by atoms with Gasteiger partial charge in [0.2, 0.25) is 0 Å². The predicted octanol–water partition coefficient (Wildman–Crippen LogP) is 3.54. The Morgan fingerprint density at radius 1 is 1.50 bits per heavy atom. The number of methoxy groups -OCH3 is 1. The maximum Gasteiger partial charge on any atom is 0.161 e. The molecule has 108 valence electrons. The molecule has 20 heavy (non-hydrogen) atoms. The molecule has 1 N–H and O–H groups in total. The molecule has 1 heterocycles. The zero-order valence-electron chi connectivity index (χ0n) is 11.7. The van der Waals surface area contributed by atoms with Crippen LogP contribution in [0.25, 0.3) is 0 Å². The van der Waals surface area contributed by atoms with E-state index in [9.17, 15) is 0 Å². The third-order valence-electron chi connectivity index (χ3n) is 3.12. The fraction of sp³-hybridized carbons (Fsp3) is 0.357. The lowest BCUT2D eigenvalue weighted by Crippen LogP contribution is -2.25. The molecule has 1 unspecified atom stereocenters. The van der Waals surface area contributed by atoms with E-state index in [1.54, 1.807) is 13.3 Å². The number of aromatic nitrogens is 2. The topological polar surface area (TPSA) is 39.1 Å². The van der Waals surface area contributed by atoms with Crippen molar-refractivity contribution in [2.45, 2.75) is 13.0 Å². The van der Waals surface area contributed by atoms with Crippen molar-refractivity contribution in [3.8, 4) is 5.75 Å². The minimum absolute atomic E-state index is 0.0764. The second-order valence-corrected chi connectivity index (χ2v) is 5.70. The van der Waals surface area contributed by atoms with Gasteiger partial charge >= 0.3 is 0 Å². The van der Waals surface area contributed by atoms with Crippen molar-refractivity contribution in [1.29, 1.82) is 0 Å². The van der Waals surface area contributed by atoms with Crippen molar-refractivity contribution in [1.82, 2.24) is 15.1 Å². The monoisotopic (exact) mass is 357 g/mol. The zero-order valence-corrected chi connectivity index (χ0v) is 14.0. The van der Waals surface area contributed by atoms with Crippen molar-refractivity contribution in [3.63, 3.8) is 0 Å². The summed E-state index contributed by atoms with van der Waals surface area (Å²) in [5.74, 6) is 0.745. The first-order valence-corrected chi connectivity index (χ1v) is 7.49. The molecule has 0 radical (unpaired) electrons. The minimum atomic E-state index is -0.0764. The second kappa shape index (κ2) is 6.61. The molecular formula is C14H17BrClN3O. The molecule has 4 nitrogen and oxygen atoms in total. The minimum Gasteiger partial charge on any atom is -0.493 e. The molecule has 0 aliphatic carbocycles. The van der Waals surface area contributed by atoms with E-state index in [0.717, 1.165) is 28.0 Å². The van der Waals surface area contributed by atoms with Crippen LogP contribution >= 0.6 is 27.5 Å². The van der Waals surface area contributed by atoms with Crippen LogP contribution in [0, 0.1) is 0 Å². The van der Waals surface area contributed by atoms with E-state index in [1.165, 1.54) is 0 Å². The van der Waals surface area contributed by atoms with E-state index in [4.69, 9.17) is 16.3 Å². The second-order valence-electron chi connectivity index (χ2n) is 4.38. The first-order chi connectivity index (χ1) is 9.58. The van der Waals surface area contributed by atoms with Crippen LogP contribution < -0.4 is 10.1 Å². The number of nitrogens with zero attached hydrogens (tertiary/aromatic N) is 2. The molecule has 1 atom stereocenters. The Balaban J connectivity index is 2.56. The van der Waals surface area contributed by atoms with Gasteiger partial charge in [-0.3, -0.25) is 4.68 Å². The molecule has 1 aromatic heterocycles. The van der Waals surface area contributed by atoms with Gasteiger partial charge in [-0.15, -0.1) is 0 Å². The van der Waals surface area contributed by atoms with Crippen molar-refractivity contribution >= 4 is 27.5 Å². The van der Waals surface area contributed by atoms with Crippen LogP contribution in [0.15, 0.2) is 28.9 Å². The largest absolute Gasteiger partial charge is 0.493 e. The van der Waals surface area contributed by atoms with Gasteiger partial charge in [0.15, 0.2) is 5.75 Å². The van der Waals surface area contributed by atoms with Crippen molar-refractivity contribution in [2.24, 2.45) is 7.05 Å². The molecule has 6 heteroatoms. The number of halogens is 2. The molecule has 0 bridgehead atoms. The molecule has 2 rings (SSSR count). The van der Waals surface area contributed by atoms with Crippen molar-refractivity contribution in [3.05, 3.63) is 45.1 Å². The van der Waals surface area contributed by atoms with Crippen LogP contribution in [0.3, 0.4) is 0 Å². The molecule has 0 saturated heterocycles. The van der Waals surface area contributed by atoms with Crippen molar-refractivity contribution in [2.75, 3.05) is 13.7 Å². The van der Waals surface area contributed by atoms with E-state index in [2.05, 4.69) is 33.3 Å². The molecule has 0 amide bonds. The van der Waals surface area contributed by atoms with Crippen LogP contribution in [0.2, 0.25) is 5.02 Å². The third-order valence-corrected chi connectivity index (χ3v) is 3.96. The zero-order chi connectivity index (χ0) is 14.7. The number of benzene rings is 1. The van der Waals surface area contributed by atoms with Gasteiger partial charge in [0.05, 0.1) is 19.3 Å². The highest BCUT2D eigenvalue weighted by molar-refractivity contribution is 9.10. The molecule has 1 aromatic carbocycles. The number of aryl methyl sites for hydroxylation is 1. The summed E-state index contributed by atoms with van der Waals surface area (Å²) in [4.78, 5) is 0. The van der Waals surface area contributed by atoms with Gasteiger partial charge in [0.25, 0.3) is 0 Å². The SMILES string of the molecule is CCNC(c1cc(Br)ccc1Cl)c1c(OC)cnn1C. The van der Waals surface area contributed by atoms with Crippen molar-refractivity contribution < 1.29 is 4.74 Å². The first kappa shape index (κ1) is 15.4. The third kappa shape index (κ3) is 3.00. The summed E-state index contributed by atoms with van der Waals surface area (Å²) >= 11 is 9.85. The van der Waals surface area contributed by atoms with Gasteiger partial charge < -0.3 is 10.1 Å². The maximum atomic E-state index is 6.36. The van der Waals surface area contributed by atoms with Crippen LogP contribution in [-0.4, -0.2) is 23.4 Å². The summed E-state index contributed by atoms with van der Waals surface area (Å²) in [6.07, 6.45) is 1.71. The van der Waals surface area contributed by atoms with Gasteiger partial charge in [-0.2, -0.15) is 5.10 Å². The lowest BCUT2D eigenvalue weighted by atomic mass is 10.0. The van der Waals surface area contributed by atoms with Gasteiger partial charge in [0.1, 0.15) is 5.69 Å². The average Bonchev–Trinajstić information content (AvgIpc) is 2.80. The summed E-state index contributed by atoms with van der Waals surface area (Å²) < 4.78 is 8.20. The normalized spacial score (nSPS) is 12.4. The predicted molar refractivity (Wildman–Crippen MR) is 84.4 cm³/mol. The Hall–Kier alpha value is -1.04. The number of nitrogens with one attached hydrogen (secondary N) is 1. The number of hydrogen-bond donors (Lipinski definition) is 1. The molecule has 0 aliphatic rings.